The van der Waals surface area contributed by atoms with Gasteiger partial charge in [0.25, 0.3) is 0 Å². The molecule has 102 valence electrons. The van der Waals surface area contributed by atoms with Gasteiger partial charge in [-0.2, -0.15) is 11.8 Å². The third-order valence-corrected chi connectivity index (χ3v) is 5.92. The van der Waals surface area contributed by atoms with E-state index < -0.39 is 9.84 Å². The number of hydrogen-bond donors (Lipinski definition) is 1. The van der Waals surface area contributed by atoms with Gasteiger partial charge in [-0.25, -0.2) is 8.42 Å². The van der Waals surface area contributed by atoms with Crippen molar-refractivity contribution in [2.75, 3.05) is 17.3 Å². The third-order valence-electron chi connectivity index (χ3n) is 2.53. The molecule has 1 unspecified atom stereocenters. The second kappa shape index (κ2) is 7.38. The Morgan fingerprint density at radius 1 is 1.33 bits per heavy atom. The summed E-state index contributed by atoms with van der Waals surface area (Å²) in [6.07, 6.45) is 0.914. The van der Waals surface area contributed by atoms with Gasteiger partial charge >= 0.3 is 0 Å². The number of benzene rings is 1. The van der Waals surface area contributed by atoms with Crippen molar-refractivity contribution in [1.29, 1.82) is 0 Å². The molecule has 0 aromatic heterocycles. The van der Waals surface area contributed by atoms with Crippen LogP contribution < -0.4 is 5.73 Å². The predicted molar refractivity (Wildman–Crippen MR) is 79.1 cm³/mol. The van der Waals surface area contributed by atoms with Crippen LogP contribution in [0.5, 0.6) is 0 Å². The monoisotopic (exact) mass is 307 g/mol. The summed E-state index contributed by atoms with van der Waals surface area (Å²) in [6.45, 7) is 2.02. The minimum absolute atomic E-state index is 0.135. The first-order valence-electron chi connectivity index (χ1n) is 5.77. The topological polar surface area (TPSA) is 60.2 Å². The molecule has 0 aliphatic heterocycles. The van der Waals surface area contributed by atoms with Gasteiger partial charge in [0.15, 0.2) is 9.84 Å². The molecule has 0 heterocycles. The van der Waals surface area contributed by atoms with Crippen LogP contribution in [0.2, 0.25) is 5.02 Å². The van der Waals surface area contributed by atoms with E-state index in [1.54, 1.807) is 36.0 Å². The smallest absolute Gasteiger partial charge is 0.179 e. The second-order valence-electron chi connectivity index (χ2n) is 4.02. The summed E-state index contributed by atoms with van der Waals surface area (Å²) in [6, 6.07) is 6.41. The normalized spacial score (nSPS) is 13.5. The Morgan fingerprint density at radius 3 is 2.50 bits per heavy atom. The molecule has 1 atom stereocenters. The minimum atomic E-state index is -3.20. The van der Waals surface area contributed by atoms with E-state index >= 15 is 0 Å². The van der Waals surface area contributed by atoms with Crippen molar-refractivity contribution in [3.63, 3.8) is 0 Å². The highest BCUT2D eigenvalue weighted by Crippen LogP contribution is 2.16. The average Bonchev–Trinajstić information content (AvgIpc) is 2.35. The SMILES string of the molecule is CCC(N)CSCCS(=O)(=O)c1ccc(Cl)cc1. The van der Waals surface area contributed by atoms with Crippen molar-refractivity contribution in [2.24, 2.45) is 5.73 Å². The zero-order chi connectivity index (χ0) is 13.6. The molecule has 1 rings (SSSR count). The summed E-state index contributed by atoms with van der Waals surface area (Å²) in [4.78, 5) is 0.326. The van der Waals surface area contributed by atoms with Crippen LogP contribution in [0, 0.1) is 0 Å². The van der Waals surface area contributed by atoms with Gasteiger partial charge in [0.2, 0.25) is 0 Å². The number of hydrogen-bond acceptors (Lipinski definition) is 4. The zero-order valence-corrected chi connectivity index (χ0v) is 12.7. The van der Waals surface area contributed by atoms with Crippen molar-refractivity contribution < 1.29 is 8.42 Å². The zero-order valence-electron chi connectivity index (χ0n) is 10.3. The van der Waals surface area contributed by atoms with E-state index in [4.69, 9.17) is 17.3 Å². The van der Waals surface area contributed by atoms with Crippen LogP contribution in [0.15, 0.2) is 29.2 Å². The number of nitrogens with two attached hydrogens (primary N) is 1. The molecule has 1 aromatic carbocycles. The van der Waals surface area contributed by atoms with Crippen molar-refractivity contribution in [3.8, 4) is 0 Å². The fourth-order valence-corrected chi connectivity index (χ4v) is 4.25. The second-order valence-corrected chi connectivity index (χ2v) is 7.71. The van der Waals surface area contributed by atoms with Crippen molar-refractivity contribution in [1.82, 2.24) is 0 Å². The Labute approximate surface area is 118 Å². The Balaban J connectivity index is 2.48. The predicted octanol–water partition coefficient (Wildman–Crippen LogP) is 2.58. The Hall–Kier alpha value is -0.230. The van der Waals surface area contributed by atoms with Gasteiger partial charge in [0, 0.05) is 22.6 Å². The maximum absolute atomic E-state index is 12.0. The van der Waals surface area contributed by atoms with E-state index in [9.17, 15) is 8.42 Å². The van der Waals surface area contributed by atoms with E-state index in [-0.39, 0.29) is 11.8 Å². The molecule has 0 aliphatic carbocycles. The molecule has 0 amide bonds. The Kier molecular flexibility index (Phi) is 6.49. The van der Waals surface area contributed by atoms with Gasteiger partial charge in [-0.05, 0) is 30.7 Å². The summed E-state index contributed by atoms with van der Waals surface area (Å²) in [7, 11) is -3.20. The van der Waals surface area contributed by atoms with E-state index in [0.29, 0.717) is 15.7 Å². The fraction of sp³-hybridized carbons (Fsp3) is 0.500. The largest absolute Gasteiger partial charge is 0.327 e. The van der Waals surface area contributed by atoms with Crippen molar-refractivity contribution >= 4 is 33.2 Å². The number of thioether (sulfide) groups is 1. The molecule has 0 aliphatic rings. The van der Waals surface area contributed by atoms with Gasteiger partial charge in [0.05, 0.1) is 10.6 Å². The molecule has 0 bridgehead atoms. The average molecular weight is 308 g/mol. The molecule has 0 fully saturated rings. The number of sulfone groups is 1. The van der Waals surface area contributed by atoms with Gasteiger partial charge in [0.1, 0.15) is 0 Å². The summed E-state index contributed by atoms with van der Waals surface area (Å²) >= 11 is 7.31. The maximum Gasteiger partial charge on any atom is 0.179 e. The first-order chi connectivity index (χ1) is 8.45. The highest BCUT2D eigenvalue weighted by Gasteiger charge is 2.14. The molecule has 2 N–H and O–H groups in total. The summed E-state index contributed by atoms with van der Waals surface area (Å²) < 4.78 is 23.9. The first-order valence-corrected chi connectivity index (χ1v) is 8.96. The van der Waals surface area contributed by atoms with Crippen LogP contribution >= 0.6 is 23.4 Å². The summed E-state index contributed by atoms with van der Waals surface area (Å²) in [5.74, 6) is 1.50. The van der Waals surface area contributed by atoms with Crippen LogP contribution in [0.4, 0.5) is 0 Å². The van der Waals surface area contributed by atoms with Gasteiger partial charge in [-0.15, -0.1) is 0 Å². The molecule has 6 heteroatoms. The quantitative estimate of drug-likeness (QED) is 0.787. The van der Waals surface area contributed by atoms with E-state index in [2.05, 4.69) is 0 Å². The highest BCUT2D eigenvalue weighted by molar-refractivity contribution is 8.00. The molecular formula is C12H18ClNO2S2. The fourth-order valence-electron chi connectivity index (χ4n) is 1.28. The summed E-state index contributed by atoms with van der Waals surface area (Å²) in [5.41, 5.74) is 5.77. The molecular weight excluding hydrogens is 290 g/mol. The highest BCUT2D eigenvalue weighted by atomic mass is 35.5. The lowest BCUT2D eigenvalue weighted by Gasteiger charge is -2.08. The van der Waals surface area contributed by atoms with Crippen LogP contribution in [0.1, 0.15) is 13.3 Å². The standard InChI is InChI=1S/C12H18ClNO2S2/c1-2-11(14)9-17-7-8-18(15,16)12-5-3-10(13)4-6-12/h3-6,11H,2,7-9,14H2,1H3. The van der Waals surface area contributed by atoms with Gasteiger partial charge in [-0.1, -0.05) is 18.5 Å². The molecule has 18 heavy (non-hydrogen) atoms. The molecule has 0 saturated heterocycles. The lowest BCUT2D eigenvalue weighted by molar-refractivity contribution is 0.597. The Morgan fingerprint density at radius 2 is 1.94 bits per heavy atom. The molecule has 1 aromatic rings. The van der Waals surface area contributed by atoms with E-state index in [1.165, 1.54) is 0 Å². The molecule has 0 saturated carbocycles. The van der Waals surface area contributed by atoms with E-state index in [1.807, 2.05) is 6.92 Å². The summed E-state index contributed by atoms with van der Waals surface area (Å²) in [5, 5.41) is 0.539. The Bertz CT molecular complexity index is 459. The van der Waals surface area contributed by atoms with Gasteiger partial charge < -0.3 is 5.73 Å². The van der Waals surface area contributed by atoms with Crippen LogP contribution in [0.3, 0.4) is 0 Å². The van der Waals surface area contributed by atoms with Gasteiger partial charge in [-0.3, -0.25) is 0 Å². The molecule has 0 spiro atoms. The van der Waals surface area contributed by atoms with E-state index in [0.717, 1.165) is 12.2 Å². The van der Waals surface area contributed by atoms with Crippen molar-refractivity contribution in [3.05, 3.63) is 29.3 Å². The third kappa shape index (κ3) is 5.18. The van der Waals surface area contributed by atoms with Crippen LogP contribution in [0.25, 0.3) is 0 Å². The molecule has 0 radical (unpaired) electrons. The van der Waals surface area contributed by atoms with Crippen molar-refractivity contribution in [2.45, 2.75) is 24.3 Å². The number of halogens is 1. The number of rotatable bonds is 7. The minimum Gasteiger partial charge on any atom is -0.327 e. The maximum atomic E-state index is 12.0. The van der Waals surface area contributed by atoms with Crippen LogP contribution in [-0.2, 0) is 9.84 Å². The van der Waals surface area contributed by atoms with Crippen LogP contribution in [-0.4, -0.2) is 31.7 Å². The lowest BCUT2D eigenvalue weighted by Crippen LogP contribution is -2.22. The lowest BCUT2D eigenvalue weighted by atomic mass is 10.3. The molecule has 3 nitrogen and oxygen atoms in total. The first kappa shape index (κ1) is 15.8.